The smallest absolute Gasteiger partial charge is 0.252 e. The van der Waals surface area contributed by atoms with Crippen LogP contribution in [0, 0.1) is 5.41 Å². The number of halogens is 2. The van der Waals surface area contributed by atoms with Gasteiger partial charge in [0.25, 0.3) is 5.91 Å². The number of methoxy groups -OCH3 is 1. The first-order valence-electron chi connectivity index (χ1n) is 8.02. The topological polar surface area (TPSA) is 93.5 Å². The van der Waals surface area contributed by atoms with Crippen molar-refractivity contribution in [3.63, 3.8) is 0 Å². The molecule has 0 heterocycles. The standard InChI is InChI=1S/C17H26ClN3O3.ClH/c1-4-17(5-2,11-19)16(23)21-12-6-7-13(14(18)10-12)15(22)20-8-9-24-3;/h6-7,10H,4-5,8-9,11,19H2,1-3H3,(H,20,22)(H,21,23);1H. The second-order valence-electron chi connectivity index (χ2n) is 5.59. The first-order valence-corrected chi connectivity index (χ1v) is 8.40. The first kappa shape index (κ1) is 23.7. The maximum Gasteiger partial charge on any atom is 0.252 e. The molecule has 0 radical (unpaired) electrons. The lowest BCUT2D eigenvalue weighted by Crippen LogP contribution is -2.41. The van der Waals surface area contributed by atoms with Gasteiger partial charge in [-0.15, -0.1) is 12.4 Å². The molecule has 4 N–H and O–H groups in total. The fraction of sp³-hybridized carbons (Fsp3) is 0.529. The molecule has 2 amide bonds. The van der Waals surface area contributed by atoms with E-state index in [1.54, 1.807) is 25.3 Å². The van der Waals surface area contributed by atoms with Crippen molar-refractivity contribution in [3.8, 4) is 0 Å². The van der Waals surface area contributed by atoms with Gasteiger partial charge in [-0.25, -0.2) is 0 Å². The SMILES string of the molecule is CCC(CC)(CN)C(=O)Nc1ccc(C(=O)NCCOC)c(Cl)c1.Cl. The summed E-state index contributed by atoms with van der Waals surface area (Å²) in [6.45, 7) is 4.98. The molecule has 0 saturated carbocycles. The summed E-state index contributed by atoms with van der Waals surface area (Å²) in [7, 11) is 1.56. The van der Waals surface area contributed by atoms with Gasteiger partial charge in [-0.2, -0.15) is 0 Å². The minimum Gasteiger partial charge on any atom is -0.383 e. The summed E-state index contributed by atoms with van der Waals surface area (Å²) >= 11 is 6.17. The Morgan fingerprint density at radius 1 is 1.28 bits per heavy atom. The molecule has 1 aromatic rings. The molecule has 142 valence electrons. The molecule has 0 spiro atoms. The van der Waals surface area contributed by atoms with E-state index in [-0.39, 0.29) is 35.8 Å². The summed E-state index contributed by atoms with van der Waals surface area (Å²) in [6, 6.07) is 4.81. The van der Waals surface area contributed by atoms with E-state index < -0.39 is 5.41 Å². The van der Waals surface area contributed by atoms with Gasteiger partial charge in [-0.05, 0) is 31.0 Å². The van der Waals surface area contributed by atoms with Crippen molar-refractivity contribution in [2.24, 2.45) is 11.1 Å². The summed E-state index contributed by atoms with van der Waals surface area (Å²) in [6.07, 6.45) is 1.30. The average Bonchev–Trinajstić information content (AvgIpc) is 2.57. The normalized spacial score (nSPS) is 10.8. The van der Waals surface area contributed by atoms with E-state index in [2.05, 4.69) is 10.6 Å². The number of hydrogen-bond acceptors (Lipinski definition) is 4. The van der Waals surface area contributed by atoms with E-state index in [0.717, 1.165) is 0 Å². The summed E-state index contributed by atoms with van der Waals surface area (Å²) in [4.78, 5) is 24.5. The molecule has 0 atom stereocenters. The van der Waals surface area contributed by atoms with Crippen molar-refractivity contribution in [1.82, 2.24) is 5.32 Å². The molecule has 0 aromatic heterocycles. The molecule has 0 aliphatic heterocycles. The first-order chi connectivity index (χ1) is 11.4. The minimum atomic E-state index is -0.595. The number of ether oxygens (including phenoxy) is 1. The zero-order chi connectivity index (χ0) is 18.2. The van der Waals surface area contributed by atoms with Crippen molar-refractivity contribution in [3.05, 3.63) is 28.8 Å². The number of rotatable bonds is 9. The van der Waals surface area contributed by atoms with Gasteiger partial charge in [-0.3, -0.25) is 9.59 Å². The molecular formula is C17H27Cl2N3O3. The summed E-state index contributed by atoms with van der Waals surface area (Å²) in [5, 5.41) is 5.81. The second-order valence-corrected chi connectivity index (χ2v) is 6.00. The number of anilines is 1. The number of hydrogen-bond donors (Lipinski definition) is 3. The monoisotopic (exact) mass is 391 g/mol. The molecule has 1 aromatic carbocycles. The molecule has 0 aliphatic carbocycles. The maximum absolute atomic E-state index is 12.5. The zero-order valence-electron chi connectivity index (χ0n) is 14.9. The van der Waals surface area contributed by atoms with Crippen LogP contribution in [0.15, 0.2) is 18.2 Å². The second kappa shape index (κ2) is 11.3. The molecule has 0 saturated heterocycles. The predicted molar refractivity (Wildman–Crippen MR) is 104 cm³/mol. The number of nitrogens with two attached hydrogens (primary N) is 1. The molecule has 0 unspecified atom stereocenters. The highest BCUT2D eigenvalue weighted by molar-refractivity contribution is 6.34. The Bertz CT molecular complexity index is 570. The predicted octanol–water partition coefficient (Wildman–Crippen LogP) is 2.84. The number of benzene rings is 1. The van der Waals surface area contributed by atoms with Crippen LogP contribution < -0.4 is 16.4 Å². The molecule has 25 heavy (non-hydrogen) atoms. The van der Waals surface area contributed by atoms with Crippen molar-refractivity contribution in [1.29, 1.82) is 0 Å². The zero-order valence-corrected chi connectivity index (χ0v) is 16.4. The Hall–Kier alpha value is -1.34. The van der Waals surface area contributed by atoms with Gasteiger partial charge in [0.05, 0.1) is 22.6 Å². The van der Waals surface area contributed by atoms with Crippen LogP contribution >= 0.6 is 24.0 Å². The van der Waals surface area contributed by atoms with Crippen molar-refractivity contribution >= 4 is 41.5 Å². The van der Waals surface area contributed by atoms with E-state index >= 15 is 0 Å². The minimum absolute atomic E-state index is 0. The van der Waals surface area contributed by atoms with E-state index in [1.165, 1.54) is 0 Å². The number of carbonyl (C=O) groups excluding carboxylic acids is 2. The van der Waals surface area contributed by atoms with E-state index in [9.17, 15) is 9.59 Å². The van der Waals surface area contributed by atoms with Gasteiger partial charge < -0.3 is 21.1 Å². The Labute approximate surface area is 160 Å². The van der Waals surface area contributed by atoms with Crippen LogP contribution in [0.4, 0.5) is 5.69 Å². The third-order valence-electron chi connectivity index (χ3n) is 4.29. The number of amides is 2. The van der Waals surface area contributed by atoms with Crippen molar-refractivity contribution in [2.45, 2.75) is 26.7 Å². The molecule has 0 fully saturated rings. The van der Waals surface area contributed by atoms with Gasteiger partial charge in [0, 0.05) is 25.9 Å². The lowest BCUT2D eigenvalue weighted by Gasteiger charge is -2.28. The van der Waals surface area contributed by atoms with Gasteiger partial charge in [0.2, 0.25) is 5.91 Å². The summed E-state index contributed by atoms with van der Waals surface area (Å²) in [5.41, 5.74) is 6.08. The fourth-order valence-electron chi connectivity index (χ4n) is 2.36. The van der Waals surface area contributed by atoms with E-state index in [1.807, 2.05) is 13.8 Å². The fourth-order valence-corrected chi connectivity index (χ4v) is 2.62. The van der Waals surface area contributed by atoms with E-state index in [0.29, 0.717) is 37.2 Å². The number of nitrogens with one attached hydrogen (secondary N) is 2. The largest absolute Gasteiger partial charge is 0.383 e. The quantitative estimate of drug-likeness (QED) is 0.564. The van der Waals surface area contributed by atoms with Crippen molar-refractivity contribution < 1.29 is 14.3 Å². The van der Waals surface area contributed by atoms with Gasteiger partial charge in [-0.1, -0.05) is 25.4 Å². The Morgan fingerprint density at radius 2 is 1.92 bits per heavy atom. The molecular weight excluding hydrogens is 365 g/mol. The summed E-state index contributed by atoms with van der Waals surface area (Å²) < 4.78 is 4.88. The molecule has 0 aliphatic rings. The van der Waals surface area contributed by atoms with Crippen LogP contribution in [0.25, 0.3) is 0 Å². The summed E-state index contributed by atoms with van der Waals surface area (Å²) in [5.74, 6) is -0.420. The molecule has 8 heteroatoms. The highest BCUT2D eigenvalue weighted by atomic mass is 35.5. The highest BCUT2D eigenvalue weighted by Gasteiger charge is 2.33. The van der Waals surface area contributed by atoms with Crippen LogP contribution in [0.1, 0.15) is 37.0 Å². The van der Waals surface area contributed by atoms with Crippen LogP contribution in [-0.4, -0.2) is 38.6 Å². The number of carbonyl (C=O) groups is 2. The van der Waals surface area contributed by atoms with Crippen LogP contribution in [-0.2, 0) is 9.53 Å². The Balaban J connectivity index is 0.00000576. The third kappa shape index (κ3) is 6.15. The van der Waals surface area contributed by atoms with Crippen LogP contribution in [0.3, 0.4) is 0 Å². The van der Waals surface area contributed by atoms with Crippen LogP contribution in [0.5, 0.6) is 0 Å². The van der Waals surface area contributed by atoms with Crippen molar-refractivity contribution in [2.75, 3.05) is 32.1 Å². The lowest BCUT2D eigenvalue weighted by atomic mass is 9.81. The van der Waals surface area contributed by atoms with Gasteiger partial charge in [0.1, 0.15) is 0 Å². The molecule has 1 rings (SSSR count). The van der Waals surface area contributed by atoms with E-state index in [4.69, 9.17) is 22.1 Å². The van der Waals surface area contributed by atoms with Gasteiger partial charge in [0.15, 0.2) is 0 Å². The highest BCUT2D eigenvalue weighted by Crippen LogP contribution is 2.28. The average molecular weight is 392 g/mol. The molecule has 0 bridgehead atoms. The Kier molecular flexibility index (Phi) is 10.7. The maximum atomic E-state index is 12.5. The Morgan fingerprint density at radius 3 is 2.40 bits per heavy atom. The van der Waals surface area contributed by atoms with Gasteiger partial charge >= 0.3 is 0 Å². The third-order valence-corrected chi connectivity index (χ3v) is 4.60. The van der Waals surface area contributed by atoms with Crippen LogP contribution in [0.2, 0.25) is 5.02 Å². The molecule has 6 nitrogen and oxygen atoms in total. The lowest BCUT2D eigenvalue weighted by molar-refractivity contribution is -0.125.